The Balaban J connectivity index is 3.19. The lowest BCUT2D eigenvalue weighted by Gasteiger charge is -2.01. The SMILES string of the molecule is NC(=O)c1cc(Cl)cc(C(F)F)n1. The van der Waals surface area contributed by atoms with Gasteiger partial charge in [-0.2, -0.15) is 0 Å². The number of aromatic nitrogens is 1. The number of nitrogens with two attached hydrogens (primary N) is 1. The first-order valence-electron chi connectivity index (χ1n) is 3.26. The van der Waals surface area contributed by atoms with Gasteiger partial charge in [-0.25, -0.2) is 13.8 Å². The molecule has 1 rings (SSSR count). The molecule has 3 nitrogen and oxygen atoms in total. The zero-order chi connectivity index (χ0) is 10.0. The van der Waals surface area contributed by atoms with Crippen molar-refractivity contribution in [2.45, 2.75) is 6.43 Å². The fourth-order valence-electron chi connectivity index (χ4n) is 0.755. The van der Waals surface area contributed by atoms with E-state index in [-0.39, 0.29) is 10.7 Å². The number of carbonyl (C=O) groups is 1. The van der Waals surface area contributed by atoms with Crippen LogP contribution >= 0.6 is 11.6 Å². The minimum absolute atomic E-state index is 0.0131. The Hall–Kier alpha value is -1.23. The lowest BCUT2D eigenvalue weighted by atomic mass is 10.3. The van der Waals surface area contributed by atoms with Crippen LogP contribution in [0.4, 0.5) is 8.78 Å². The number of nitrogens with zero attached hydrogens (tertiary/aromatic N) is 1. The van der Waals surface area contributed by atoms with E-state index in [0.717, 1.165) is 12.1 Å². The molecule has 0 aliphatic heterocycles. The van der Waals surface area contributed by atoms with E-state index in [1.165, 1.54) is 0 Å². The highest BCUT2D eigenvalue weighted by Crippen LogP contribution is 2.20. The van der Waals surface area contributed by atoms with Gasteiger partial charge in [0.1, 0.15) is 11.4 Å². The molecule has 0 bridgehead atoms. The number of rotatable bonds is 2. The van der Waals surface area contributed by atoms with Crippen molar-refractivity contribution in [2.24, 2.45) is 5.73 Å². The molecular formula is C7H5ClF2N2O. The maximum atomic E-state index is 12.1. The highest BCUT2D eigenvalue weighted by Gasteiger charge is 2.13. The number of carbonyl (C=O) groups excluding carboxylic acids is 1. The maximum absolute atomic E-state index is 12.1. The summed E-state index contributed by atoms with van der Waals surface area (Å²) in [5, 5.41) is 0.0131. The predicted octanol–water partition coefficient (Wildman–Crippen LogP) is 1.77. The van der Waals surface area contributed by atoms with Crippen molar-refractivity contribution in [1.29, 1.82) is 0 Å². The molecule has 0 aromatic carbocycles. The zero-order valence-corrected chi connectivity index (χ0v) is 7.05. The quantitative estimate of drug-likeness (QED) is 0.802. The normalized spacial score (nSPS) is 10.5. The number of pyridine rings is 1. The molecule has 0 saturated heterocycles. The molecule has 0 saturated carbocycles. The van der Waals surface area contributed by atoms with Gasteiger partial charge in [0.2, 0.25) is 0 Å². The maximum Gasteiger partial charge on any atom is 0.280 e. The second-order valence-corrected chi connectivity index (χ2v) is 2.70. The van der Waals surface area contributed by atoms with Crippen LogP contribution in [0.3, 0.4) is 0 Å². The van der Waals surface area contributed by atoms with Crippen LogP contribution in [0.2, 0.25) is 5.02 Å². The summed E-state index contributed by atoms with van der Waals surface area (Å²) in [5.41, 5.74) is 4.03. The van der Waals surface area contributed by atoms with Crippen molar-refractivity contribution >= 4 is 17.5 Å². The van der Waals surface area contributed by atoms with E-state index in [0.29, 0.717) is 0 Å². The standard InChI is InChI=1S/C7H5ClF2N2O/c8-3-1-4(6(9)10)12-5(2-3)7(11)13/h1-2,6H,(H2,11,13). The molecule has 0 aliphatic rings. The Morgan fingerprint density at radius 2 is 2.15 bits per heavy atom. The Bertz CT molecular complexity index is 343. The predicted molar refractivity (Wildman–Crippen MR) is 42.7 cm³/mol. The van der Waals surface area contributed by atoms with Gasteiger partial charge in [-0.15, -0.1) is 0 Å². The van der Waals surface area contributed by atoms with Crippen LogP contribution in [0.15, 0.2) is 12.1 Å². The van der Waals surface area contributed by atoms with Gasteiger partial charge in [-0.1, -0.05) is 11.6 Å². The minimum Gasteiger partial charge on any atom is -0.364 e. The molecule has 1 amide bonds. The Morgan fingerprint density at radius 1 is 1.54 bits per heavy atom. The number of primary amides is 1. The van der Waals surface area contributed by atoms with E-state index in [2.05, 4.69) is 4.98 Å². The third-order valence-corrected chi connectivity index (χ3v) is 1.50. The van der Waals surface area contributed by atoms with Gasteiger partial charge < -0.3 is 5.73 Å². The van der Waals surface area contributed by atoms with Crippen molar-refractivity contribution in [3.05, 3.63) is 28.5 Å². The van der Waals surface area contributed by atoms with Crippen molar-refractivity contribution in [1.82, 2.24) is 4.98 Å². The fraction of sp³-hybridized carbons (Fsp3) is 0.143. The Morgan fingerprint density at radius 3 is 2.62 bits per heavy atom. The number of halogens is 3. The van der Waals surface area contributed by atoms with Crippen LogP contribution < -0.4 is 5.73 Å². The van der Waals surface area contributed by atoms with Crippen molar-refractivity contribution < 1.29 is 13.6 Å². The topological polar surface area (TPSA) is 56.0 Å². The zero-order valence-electron chi connectivity index (χ0n) is 6.30. The molecule has 0 spiro atoms. The van der Waals surface area contributed by atoms with Gasteiger partial charge in [0.25, 0.3) is 12.3 Å². The molecule has 0 unspecified atom stereocenters. The molecule has 70 valence electrons. The second kappa shape index (κ2) is 3.66. The molecule has 6 heteroatoms. The summed E-state index contributed by atoms with van der Waals surface area (Å²) >= 11 is 5.46. The monoisotopic (exact) mass is 206 g/mol. The summed E-state index contributed by atoms with van der Waals surface area (Å²) in [6.45, 7) is 0. The Labute approximate surface area is 77.5 Å². The van der Waals surface area contributed by atoms with Crippen molar-refractivity contribution in [2.75, 3.05) is 0 Å². The minimum atomic E-state index is -2.77. The van der Waals surface area contributed by atoms with E-state index in [4.69, 9.17) is 17.3 Å². The number of alkyl halides is 2. The first kappa shape index (κ1) is 9.85. The summed E-state index contributed by atoms with van der Waals surface area (Å²) < 4.78 is 24.2. The van der Waals surface area contributed by atoms with Gasteiger partial charge in [0.05, 0.1) is 0 Å². The first-order chi connectivity index (χ1) is 6.00. The lowest BCUT2D eigenvalue weighted by Crippen LogP contribution is -2.14. The van der Waals surface area contributed by atoms with Crippen LogP contribution in [0.5, 0.6) is 0 Å². The van der Waals surface area contributed by atoms with Crippen LogP contribution in [-0.4, -0.2) is 10.9 Å². The summed E-state index contributed by atoms with van der Waals surface area (Å²) in [7, 11) is 0. The summed E-state index contributed by atoms with van der Waals surface area (Å²) in [4.78, 5) is 13.9. The largest absolute Gasteiger partial charge is 0.364 e. The Kier molecular flexibility index (Phi) is 2.77. The molecular weight excluding hydrogens is 202 g/mol. The van der Waals surface area contributed by atoms with Gasteiger partial charge in [0.15, 0.2) is 0 Å². The summed E-state index contributed by atoms with van der Waals surface area (Å²) in [6, 6.07) is 2.12. The van der Waals surface area contributed by atoms with Crippen LogP contribution in [0.25, 0.3) is 0 Å². The second-order valence-electron chi connectivity index (χ2n) is 2.26. The number of hydrogen-bond donors (Lipinski definition) is 1. The highest BCUT2D eigenvalue weighted by molar-refractivity contribution is 6.30. The average Bonchev–Trinajstić information content (AvgIpc) is 2.03. The smallest absolute Gasteiger partial charge is 0.280 e. The lowest BCUT2D eigenvalue weighted by molar-refractivity contribution is 0.0993. The van der Waals surface area contributed by atoms with Gasteiger partial charge in [-0.3, -0.25) is 4.79 Å². The van der Waals surface area contributed by atoms with Gasteiger partial charge in [-0.05, 0) is 12.1 Å². The third kappa shape index (κ3) is 2.35. The van der Waals surface area contributed by atoms with E-state index >= 15 is 0 Å². The van der Waals surface area contributed by atoms with E-state index in [1.54, 1.807) is 0 Å². The van der Waals surface area contributed by atoms with E-state index in [1.807, 2.05) is 0 Å². The average molecular weight is 207 g/mol. The number of hydrogen-bond acceptors (Lipinski definition) is 2. The molecule has 13 heavy (non-hydrogen) atoms. The van der Waals surface area contributed by atoms with Gasteiger partial charge in [0, 0.05) is 5.02 Å². The van der Waals surface area contributed by atoms with E-state index in [9.17, 15) is 13.6 Å². The van der Waals surface area contributed by atoms with Crippen molar-refractivity contribution in [3.63, 3.8) is 0 Å². The third-order valence-electron chi connectivity index (χ3n) is 1.29. The van der Waals surface area contributed by atoms with Crippen LogP contribution in [-0.2, 0) is 0 Å². The molecule has 1 heterocycles. The molecule has 0 atom stereocenters. The van der Waals surface area contributed by atoms with Crippen LogP contribution in [0, 0.1) is 0 Å². The molecule has 1 aromatic rings. The fourth-order valence-corrected chi connectivity index (χ4v) is 0.970. The molecule has 1 aromatic heterocycles. The summed E-state index contributed by atoms with van der Waals surface area (Å²) in [5.74, 6) is -0.885. The molecule has 0 radical (unpaired) electrons. The van der Waals surface area contributed by atoms with E-state index < -0.39 is 18.0 Å². The highest BCUT2D eigenvalue weighted by atomic mass is 35.5. The molecule has 0 fully saturated rings. The number of amides is 1. The van der Waals surface area contributed by atoms with Crippen LogP contribution in [0.1, 0.15) is 22.6 Å². The molecule has 2 N–H and O–H groups in total. The molecule has 0 aliphatic carbocycles. The summed E-state index contributed by atoms with van der Waals surface area (Å²) in [6.07, 6.45) is -2.77. The van der Waals surface area contributed by atoms with Gasteiger partial charge >= 0.3 is 0 Å². The first-order valence-corrected chi connectivity index (χ1v) is 3.64. The van der Waals surface area contributed by atoms with Crippen molar-refractivity contribution in [3.8, 4) is 0 Å².